The number of benzene rings is 1. The van der Waals surface area contributed by atoms with Gasteiger partial charge in [-0.3, -0.25) is 4.79 Å². The Hall–Kier alpha value is -0.910. The minimum Gasteiger partial charge on any atom is -0.459 e. The maximum atomic E-state index is 12.7. The van der Waals surface area contributed by atoms with Crippen LogP contribution in [0, 0.1) is 38.1 Å². The summed E-state index contributed by atoms with van der Waals surface area (Å²) in [5.41, 5.74) is 0.974. The van der Waals surface area contributed by atoms with E-state index in [9.17, 15) is 9.59 Å². The molecule has 30 heavy (non-hydrogen) atoms. The number of ether oxygens (including phenoxy) is 1. The fourth-order valence-corrected chi connectivity index (χ4v) is 8.47. The predicted octanol–water partition coefficient (Wildman–Crippen LogP) is 6.43. The van der Waals surface area contributed by atoms with Crippen molar-refractivity contribution in [1.82, 2.24) is 0 Å². The minimum absolute atomic E-state index is 0.0374. The molecule has 3 nitrogen and oxygen atoms in total. The van der Waals surface area contributed by atoms with E-state index in [1.165, 1.54) is 19.3 Å². The zero-order valence-electron chi connectivity index (χ0n) is 18.2. The van der Waals surface area contributed by atoms with Gasteiger partial charge in [-0.25, -0.2) is 4.79 Å². The van der Waals surface area contributed by atoms with E-state index in [1.807, 2.05) is 24.3 Å². The van der Waals surface area contributed by atoms with E-state index < -0.39 is 0 Å². The molecule has 0 aromatic heterocycles. The van der Waals surface area contributed by atoms with Gasteiger partial charge in [0, 0.05) is 15.4 Å². The second kappa shape index (κ2) is 7.60. The van der Waals surface area contributed by atoms with E-state index in [2.05, 4.69) is 36.4 Å². The number of hydrogen-bond acceptors (Lipinski definition) is 3. The lowest BCUT2D eigenvalue weighted by atomic mass is 9.45. The summed E-state index contributed by atoms with van der Waals surface area (Å²) in [6.07, 6.45) is 9.91. The van der Waals surface area contributed by atoms with Crippen LogP contribution in [0.4, 0.5) is 0 Å². The first-order valence-electron chi connectivity index (χ1n) is 11.8. The lowest BCUT2D eigenvalue weighted by molar-refractivity contribution is -0.142. The topological polar surface area (TPSA) is 43.4 Å². The van der Waals surface area contributed by atoms with Crippen molar-refractivity contribution in [2.24, 2.45) is 34.5 Å². The first kappa shape index (κ1) is 21.0. The number of fused-ring (bicyclic) bond motifs is 5. The Morgan fingerprint density at radius 2 is 1.90 bits per heavy atom. The normalized spacial score (nSPS) is 42.8. The zero-order valence-corrected chi connectivity index (χ0v) is 20.3. The lowest BCUT2D eigenvalue weighted by Gasteiger charge is -2.60. The summed E-state index contributed by atoms with van der Waals surface area (Å²) in [5, 5.41) is 0. The van der Waals surface area contributed by atoms with Crippen LogP contribution < -0.4 is 0 Å². The molecule has 0 unspecified atom stereocenters. The molecule has 4 saturated carbocycles. The molecule has 0 N–H and O–H groups in total. The summed E-state index contributed by atoms with van der Waals surface area (Å²) in [7, 11) is 0. The van der Waals surface area contributed by atoms with E-state index in [0.29, 0.717) is 28.6 Å². The fourth-order valence-electron chi connectivity index (χ4n) is 7.93. The minimum atomic E-state index is -0.172. The highest BCUT2D eigenvalue weighted by atomic mass is 127. The Labute approximate surface area is 193 Å². The summed E-state index contributed by atoms with van der Waals surface area (Å²) in [4.78, 5) is 25.3. The number of ketones is 1. The molecule has 1 aromatic carbocycles. The van der Waals surface area contributed by atoms with Gasteiger partial charge in [0.1, 0.15) is 11.9 Å². The van der Waals surface area contributed by atoms with Gasteiger partial charge >= 0.3 is 5.97 Å². The van der Waals surface area contributed by atoms with Crippen LogP contribution in [0.25, 0.3) is 0 Å². The Morgan fingerprint density at radius 1 is 1.07 bits per heavy atom. The molecule has 4 aliphatic rings. The Bertz CT molecular complexity index is 866. The van der Waals surface area contributed by atoms with E-state index in [0.717, 1.165) is 53.9 Å². The van der Waals surface area contributed by atoms with Gasteiger partial charge in [-0.1, -0.05) is 19.9 Å². The largest absolute Gasteiger partial charge is 0.459 e. The molecule has 0 radical (unpaired) electrons. The number of esters is 1. The van der Waals surface area contributed by atoms with Crippen molar-refractivity contribution in [1.29, 1.82) is 0 Å². The molecule has 4 heteroatoms. The van der Waals surface area contributed by atoms with Crippen LogP contribution in [0.5, 0.6) is 0 Å². The van der Waals surface area contributed by atoms with E-state index in [1.54, 1.807) is 0 Å². The fraction of sp³-hybridized carbons (Fsp3) is 0.692. The number of hydrogen-bond donors (Lipinski definition) is 0. The smallest absolute Gasteiger partial charge is 0.338 e. The van der Waals surface area contributed by atoms with E-state index in [4.69, 9.17) is 4.74 Å². The lowest BCUT2D eigenvalue weighted by Crippen LogP contribution is -2.54. The summed E-state index contributed by atoms with van der Waals surface area (Å²) < 4.78 is 7.04. The molecule has 162 valence electrons. The average Bonchev–Trinajstić information content (AvgIpc) is 3.03. The maximum absolute atomic E-state index is 12.7. The van der Waals surface area contributed by atoms with Gasteiger partial charge in [0.2, 0.25) is 0 Å². The van der Waals surface area contributed by atoms with Crippen molar-refractivity contribution in [3.63, 3.8) is 0 Å². The first-order valence-corrected chi connectivity index (χ1v) is 12.9. The van der Waals surface area contributed by atoms with Crippen LogP contribution >= 0.6 is 22.6 Å². The number of halogens is 1. The van der Waals surface area contributed by atoms with Crippen molar-refractivity contribution in [2.75, 3.05) is 0 Å². The van der Waals surface area contributed by atoms with Crippen LogP contribution in [0.2, 0.25) is 0 Å². The van der Waals surface area contributed by atoms with Crippen molar-refractivity contribution < 1.29 is 14.3 Å². The molecule has 0 bridgehead atoms. The highest BCUT2D eigenvalue weighted by molar-refractivity contribution is 14.1. The quantitative estimate of drug-likeness (QED) is 0.334. The molecule has 4 aliphatic carbocycles. The first-order chi connectivity index (χ1) is 14.3. The highest BCUT2D eigenvalue weighted by Crippen LogP contribution is 2.65. The SMILES string of the molecule is C[C@]12CC[C@@H](OC(=O)c3cccc(I)c3)C[C@@H]1CC[C@H]1[C@H]3CCC(=O)[C@]3(C)CC[C@@H]12. The van der Waals surface area contributed by atoms with Gasteiger partial charge < -0.3 is 4.74 Å². The molecule has 5 rings (SSSR count). The van der Waals surface area contributed by atoms with Crippen LogP contribution in [0.1, 0.15) is 82.0 Å². The third kappa shape index (κ3) is 3.27. The molecule has 0 heterocycles. The molecule has 7 atom stereocenters. The van der Waals surface area contributed by atoms with Crippen LogP contribution in [0.3, 0.4) is 0 Å². The van der Waals surface area contributed by atoms with Crippen molar-refractivity contribution in [3.8, 4) is 0 Å². The summed E-state index contributed by atoms with van der Waals surface area (Å²) >= 11 is 2.24. The second-order valence-electron chi connectivity index (χ2n) is 10.9. The summed E-state index contributed by atoms with van der Waals surface area (Å²) in [5.74, 6) is 3.08. The monoisotopic (exact) mass is 520 g/mol. The van der Waals surface area contributed by atoms with Gasteiger partial charge in [-0.2, -0.15) is 0 Å². The van der Waals surface area contributed by atoms with Gasteiger partial charge in [0.15, 0.2) is 0 Å². The predicted molar refractivity (Wildman–Crippen MR) is 125 cm³/mol. The van der Waals surface area contributed by atoms with Crippen LogP contribution in [-0.4, -0.2) is 17.9 Å². The molecular formula is C26H33IO3. The van der Waals surface area contributed by atoms with Gasteiger partial charge in [-0.05, 0) is 121 Å². The number of carbonyl (C=O) groups excluding carboxylic acids is 2. The maximum Gasteiger partial charge on any atom is 0.338 e. The molecule has 1 aromatic rings. The molecule has 4 fully saturated rings. The standard InChI is InChI=1S/C26H33IO3/c1-25-12-10-19(30-24(29)16-4-3-5-18(27)14-16)15-17(25)6-7-20-21-8-9-23(28)26(21,2)13-11-22(20)25/h3-5,14,17,19-22H,6-13,15H2,1-2H3/t17-,19+,20-,21+,22-,25-,26+/m0/s1. The van der Waals surface area contributed by atoms with Crippen molar-refractivity contribution >= 4 is 34.3 Å². The highest BCUT2D eigenvalue weighted by Gasteiger charge is 2.60. The summed E-state index contributed by atoms with van der Waals surface area (Å²) in [6, 6.07) is 7.67. The number of carbonyl (C=O) groups is 2. The summed E-state index contributed by atoms with van der Waals surface area (Å²) in [6.45, 7) is 4.78. The molecule has 0 saturated heterocycles. The zero-order chi connectivity index (χ0) is 21.1. The molecule has 0 amide bonds. The number of rotatable bonds is 2. The van der Waals surface area contributed by atoms with Gasteiger partial charge in [0.05, 0.1) is 5.56 Å². The van der Waals surface area contributed by atoms with Crippen molar-refractivity contribution in [3.05, 3.63) is 33.4 Å². The molecular weight excluding hydrogens is 487 g/mol. The van der Waals surface area contributed by atoms with Crippen LogP contribution in [0.15, 0.2) is 24.3 Å². The van der Waals surface area contributed by atoms with Gasteiger partial charge in [-0.15, -0.1) is 0 Å². The molecule has 0 aliphatic heterocycles. The Morgan fingerprint density at radius 3 is 2.70 bits per heavy atom. The van der Waals surface area contributed by atoms with E-state index in [-0.39, 0.29) is 17.5 Å². The van der Waals surface area contributed by atoms with Gasteiger partial charge in [0.25, 0.3) is 0 Å². The third-order valence-electron chi connectivity index (χ3n) is 9.66. The van der Waals surface area contributed by atoms with Crippen LogP contribution in [-0.2, 0) is 9.53 Å². The van der Waals surface area contributed by atoms with E-state index >= 15 is 0 Å². The number of Topliss-reactive ketones (excluding diaryl/α,β-unsaturated/α-hetero) is 1. The Balaban J connectivity index is 1.28. The second-order valence-corrected chi connectivity index (χ2v) is 12.1. The third-order valence-corrected chi connectivity index (χ3v) is 10.3. The van der Waals surface area contributed by atoms with Crippen molar-refractivity contribution in [2.45, 2.75) is 77.7 Å². The Kier molecular flexibility index (Phi) is 5.31. The average molecular weight is 520 g/mol. The molecule has 0 spiro atoms.